The van der Waals surface area contributed by atoms with Gasteiger partial charge in [0.05, 0.1) is 11.1 Å². The van der Waals surface area contributed by atoms with E-state index in [1.807, 2.05) is 19.1 Å². The third kappa shape index (κ3) is 5.42. The summed E-state index contributed by atoms with van der Waals surface area (Å²) in [5.74, 6) is 0.972. The van der Waals surface area contributed by atoms with Gasteiger partial charge in [0.1, 0.15) is 5.75 Å². The van der Waals surface area contributed by atoms with Crippen molar-refractivity contribution in [1.82, 2.24) is 10.2 Å². The number of carbonyl (C=O) groups excluding carboxylic acids is 1. The van der Waals surface area contributed by atoms with Gasteiger partial charge >= 0.3 is 0 Å². The number of carbonyl (C=O) groups is 1. The molecular formula is C14H20Br2N2O2. The van der Waals surface area contributed by atoms with Crippen LogP contribution in [-0.2, 0) is 11.3 Å². The normalized spacial score (nSPS) is 10.4. The van der Waals surface area contributed by atoms with Gasteiger partial charge in [0, 0.05) is 43.6 Å². The number of benzene rings is 1. The number of halogens is 2. The Balaban J connectivity index is 2.60. The molecule has 0 fully saturated rings. The van der Waals surface area contributed by atoms with Crippen LogP contribution in [0.3, 0.4) is 0 Å². The lowest BCUT2D eigenvalue weighted by Gasteiger charge is -2.14. The van der Waals surface area contributed by atoms with Gasteiger partial charge in [0.25, 0.3) is 0 Å². The average Bonchev–Trinajstić information content (AvgIpc) is 2.37. The molecule has 6 heteroatoms. The first-order chi connectivity index (χ1) is 9.45. The summed E-state index contributed by atoms with van der Waals surface area (Å²) in [6, 6.07) is 3.99. The molecular weight excluding hydrogens is 388 g/mol. The zero-order valence-electron chi connectivity index (χ0n) is 12.0. The van der Waals surface area contributed by atoms with Gasteiger partial charge in [-0.1, -0.05) is 15.9 Å². The van der Waals surface area contributed by atoms with E-state index in [9.17, 15) is 4.79 Å². The second-order valence-electron chi connectivity index (χ2n) is 4.52. The fourth-order valence-corrected chi connectivity index (χ4v) is 3.12. The highest BCUT2D eigenvalue weighted by Crippen LogP contribution is 2.32. The molecule has 20 heavy (non-hydrogen) atoms. The maximum Gasteiger partial charge on any atom is 0.223 e. The third-order valence-corrected chi connectivity index (χ3v) is 3.75. The molecule has 1 rings (SSSR count). The van der Waals surface area contributed by atoms with E-state index in [0.29, 0.717) is 26.1 Å². The maximum atomic E-state index is 11.5. The molecule has 0 bridgehead atoms. The minimum Gasteiger partial charge on any atom is -0.492 e. The molecule has 1 aromatic rings. The van der Waals surface area contributed by atoms with Gasteiger partial charge in [-0.2, -0.15) is 0 Å². The molecule has 0 aliphatic heterocycles. The Hall–Kier alpha value is -0.590. The van der Waals surface area contributed by atoms with Crippen LogP contribution >= 0.6 is 31.9 Å². The first-order valence-electron chi connectivity index (χ1n) is 6.47. The molecule has 0 aliphatic rings. The summed E-state index contributed by atoms with van der Waals surface area (Å²) in [5.41, 5.74) is 1.06. The highest BCUT2D eigenvalue weighted by molar-refractivity contribution is 9.11. The molecule has 0 saturated carbocycles. The first kappa shape index (κ1) is 17.5. The average molecular weight is 408 g/mol. The number of nitrogens with zero attached hydrogens (tertiary/aromatic N) is 1. The summed E-state index contributed by atoms with van der Waals surface area (Å²) in [4.78, 5) is 13.1. The standard InChI is InChI=1S/C14H20Br2N2O2/c1-4-20-14-10(7-11(15)8-12(14)16)9-17-6-5-13(19)18(2)3/h7-8,17H,4-6,9H2,1-3H3. The maximum absolute atomic E-state index is 11.5. The Morgan fingerprint density at radius 1 is 1.35 bits per heavy atom. The van der Waals surface area contributed by atoms with E-state index < -0.39 is 0 Å². The molecule has 1 N–H and O–H groups in total. The van der Waals surface area contributed by atoms with Crippen LogP contribution in [0.1, 0.15) is 18.9 Å². The zero-order valence-corrected chi connectivity index (χ0v) is 15.2. The molecule has 1 aromatic carbocycles. The van der Waals surface area contributed by atoms with Crippen molar-refractivity contribution in [2.75, 3.05) is 27.2 Å². The van der Waals surface area contributed by atoms with Crippen LogP contribution in [0.15, 0.2) is 21.1 Å². The van der Waals surface area contributed by atoms with E-state index in [1.165, 1.54) is 0 Å². The molecule has 0 spiro atoms. The van der Waals surface area contributed by atoms with Crippen molar-refractivity contribution in [3.8, 4) is 5.75 Å². The number of nitrogens with one attached hydrogen (secondary N) is 1. The molecule has 112 valence electrons. The van der Waals surface area contributed by atoms with Crippen LogP contribution in [-0.4, -0.2) is 38.1 Å². The quantitative estimate of drug-likeness (QED) is 0.705. The van der Waals surface area contributed by atoms with E-state index >= 15 is 0 Å². The van der Waals surface area contributed by atoms with Crippen molar-refractivity contribution < 1.29 is 9.53 Å². The summed E-state index contributed by atoms with van der Waals surface area (Å²) in [6.07, 6.45) is 0.492. The molecule has 4 nitrogen and oxygen atoms in total. The summed E-state index contributed by atoms with van der Waals surface area (Å²) in [5, 5.41) is 3.27. The summed E-state index contributed by atoms with van der Waals surface area (Å²) < 4.78 is 7.58. The Morgan fingerprint density at radius 2 is 2.05 bits per heavy atom. The molecule has 1 amide bonds. The van der Waals surface area contributed by atoms with Gasteiger partial charge in [-0.05, 0) is 35.0 Å². The van der Waals surface area contributed by atoms with Crippen molar-refractivity contribution in [3.63, 3.8) is 0 Å². The van der Waals surface area contributed by atoms with Crippen molar-refractivity contribution >= 4 is 37.8 Å². The number of hydrogen-bond acceptors (Lipinski definition) is 3. The third-order valence-electron chi connectivity index (χ3n) is 2.70. The van der Waals surface area contributed by atoms with Crippen molar-refractivity contribution in [2.24, 2.45) is 0 Å². The van der Waals surface area contributed by atoms with E-state index in [4.69, 9.17) is 4.74 Å². The lowest BCUT2D eigenvalue weighted by Crippen LogP contribution is -2.26. The van der Waals surface area contributed by atoms with Gasteiger partial charge in [-0.15, -0.1) is 0 Å². The predicted octanol–water partition coefficient (Wildman–Crippen LogP) is 3.18. The molecule has 0 atom stereocenters. The van der Waals surface area contributed by atoms with E-state index in [-0.39, 0.29) is 5.91 Å². The highest BCUT2D eigenvalue weighted by atomic mass is 79.9. The smallest absolute Gasteiger partial charge is 0.223 e. The predicted molar refractivity (Wildman–Crippen MR) is 88.0 cm³/mol. The van der Waals surface area contributed by atoms with Crippen molar-refractivity contribution in [3.05, 3.63) is 26.6 Å². The molecule has 0 saturated heterocycles. The Morgan fingerprint density at radius 3 is 2.65 bits per heavy atom. The number of amides is 1. The number of rotatable bonds is 7. The molecule has 0 aromatic heterocycles. The molecule has 0 heterocycles. The van der Waals surface area contributed by atoms with Crippen LogP contribution in [0, 0.1) is 0 Å². The second kappa shape index (κ2) is 8.64. The number of ether oxygens (including phenoxy) is 1. The van der Waals surface area contributed by atoms with E-state index in [0.717, 1.165) is 20.3 Å². The van der Waals surface area contributed by atoms with Crippen LogP contribution in [0.5, 0.6) is 5.75 Å². The largest absolute Gasteiger partial charge is 0.492 e. The molecule has 0 aliphatic carbocycles. The highest BCUT2D eigenvalue weighted by Gasteiger charge is 2.10. The zero-order chi connectivity index (χ0) is 15.1. The van der Waals surface area contributed by atoms with Crippen molar-refractivity contribution in [2.45, 2.75) is 19.9 Å². The summed E-state index contributed by atoms with van der Waals surface area (Å²) in [6.45, 7) is 3.88. The van der Waals surface area contributed by atoms with Crippen molar-refractivity contribution in [1.29, 1.82) is 0 Å². The monoisotopic (exact) mass is 406 g/mol. The molecule has 0 radical (unpaired) electrons. The fraction of sp³-hybridized carbons (Fsp3) is 0.500. The van der Waals surface area contributed by atoms with Crippen LogP contribution < -0.4 is 10.1 Å². The van der Waals surface area contributed by atoms with E-state index in [1.54, 1.807) is 19.0 Å². The lowest BCUT2D eigenvalue weighted by molar-refractivity contribution is -0.128. The fourth-order valence-electron chi connectivity index (χ4n) is 1.69. The first-order valence-corrected chi connectivity index (χ1v) is 8.05. The Labute approximate surface area is 137 Å². The van der Waals surface area contributed by atoms with E-state index in [2.05, 4.69) is 37.2 Å². The topological polar surface area (TPSA) is 41.6 Å². The Kier molecular flexibility index (Phi) is 7.55. The SMILES string of the molecule is CCOc1c(Br)cc(Br)cc1CNCCC(=O)N(C)C. The lowest BCUT2D eigenvalue weighted by atomic mass is 10.2. The van der Waals surface area contributed by atoms with Gasteiger partial charge in [-0.25, -0.2) is 0 Å². The van der Waals surface area contributed by atoms with Gasteiger partial charge < -0.3 is 15.0 Å². The second-order valence-corrected chi connectivity index (χ2v) is 6.29. The minimum absolute atomic E-state index is 0.123. The van der Waals surface area contributed by atoms with Crippen LogP contribution in [0.2, 0.25) is 0 Å². The minimum atomic E-state index is 0.123. The Bertz CT molecular complexity index is 465. The van der Waals surface area contributed by atoms with Crippen LogP contribution in [0.25, 0.3) is 0 Å². The summed E-state index contributed by atoms with van der Waals surface area (Å²) >= 11 is 6.98. The molecule has 0 unspecified atom stereocenters. The van der Waals surface area contributed by atoms with Gasteiger partial charge in [-0.3, -0.25) is 4.79 Å². The van der Waals surface area contributed by atoms with Gasteiger partial charge in [0.15, 0.2) is 0 Å². The number of hydrogen-bond donors (Lipinski definition) is 1. The van der Waals surface area contributed by atoms with Gasteiger partial charge in [0.2, 0.25) is 5.91 Å². The van der Waals surface area contributed by atoms with Crippen LogP contribution in [0.4, 0.5) is 0 Å². The summed E-state index contributed by atoms with van der Waals surface area (Å²) in [7, 11) is 3.53.